The van der Waals surface area contributed by atoms with Gasteiger partial charge in [-0.3, -0.25) is 14.8 Å². The Morgan fingerprint density at radius 1 is 1.29 bits per heavy atom. The minimum atomic E-state index is -0.207. The molecule has 1 atom stereocenters. The average molecular weight is 330 g/mol. The Balaban J connectivity index is 1.45. The van der Waals surface area contributed by atoms with Crippen LogP contribution in [0.1, 0.15) is 24.6 Å². The van der Waals surface area contributed by atoms with E-state index in [0.29, 0.717) is 12.4 Å². The standard InChI is InChI=1S/C15H22N8O/c1-11(14-19-12(2)20-21-14)18-13(24)10-22-6-8-23(9-7-22)15-16-4-3-5-17-15/h3-5,11H,6-10H2,1-2H3,(H,18,24)(H,19,20,21)/t11-/m1/s1. The second-order valence-electron chi connectivity index (χ2n) is 5.88. The van der Waals surface area contributed by atoms with Crippen molar-refractivity contribution < 1.29 is 4.79 Å². The predicted octanol–water partition coefficient (Wildman–Crippen LogP) is -0.0975. The third kappa shape index (κ3) is 4.05. The molecule has 0 spiro atoms. The lowest BCUT2D eigenvalue weighted by Crippen LogP contribution is -2.50. The number of nitrogens with one attached hydrogen (secondary N) is 2. The highest BCUT2D eigenvalue weighted by Crippen LogP contribution is 2.10. The zero-order valence-corrected chi connectivity index (χ0v) is 13.9. The van der Waals surface area contributed by atoms with Crippen LogP contribution in [0.2, 0.25) is 0 Å². The van der Waals surface area contributed by atoms with Gasteiger partial charge in [0, 0.05) is 38.6 Å². The quantitative estimate of drug-likeness (QED) is 0.789. The van der Waals surface area contributed by atoms with Crippen LogP contribution in [0, 0.1) is 6.92 Å². The molecule has 0 aromatic carbocycles. The van der Waals surface area contributed by atoms with Gasteiger partial charge in [-0.2, -0.15) is 5.10 Å². The van der Waals surface area contributed by atoms with Crippen molar-refractivity contribution in [3.05, 3.63) is 30.1 Å². The molecule has 1 saturated heterocycles. The van der Waals surface area contributed by atoms with E-state index in [1.165, 1.54) is 0 Å². The Kier molecular flexibility index (Phi) is 4.99. The number of anilines is 1. The minimum absolute atomic E-state index is 0.0191. The van der Waals surface area contributed by atoms with Crippen molar-refractivity contribution in [3.63, 3.8) is 0 Å². The lowest BCUT2D eigenvalue weighted by atomic mass is 10.3. The van der Waals surface area contributed by atoms with Crippen LogP contribution < -0.4 is 10.2 Å². The summed E-state index contributed by atoms with van der Waals surface area (Å²) >= 11 is 0. The monoisotopic (exact) mass is 330 g/mol. The Morgan fingerprint density at radius 2 is 2.00 bits per heavy atom. The number of nitrogens with zero attached hydrogens (tertiary/aromatic N) is 6. The third-order valence-electron chi connectivity index (χ3n) is 3.95. The van der Waals surface area contributed by atoms with E-state index in [-0.39, 0.29) is 11.9 Å². The first-order valence-corrected chi connectivity index (χ1v) is 8.04. The Morgan fingerprint density at radius 3 is 2.62 bits per heavy atom. The predicted molar refractivity (Wildman–Crippen MR) is 88.4 cm³/mol. The van der Waals surface area contributed by atoms with Gasteiger partial charge in [-0.15, -0.1) is 0 Å². The first kappa shape index (κ1) is 16.3. The summed E-state index contributed by atoms with van der Waals surface area (Å²) in [6.45, 7) is 7.32. The Hall–Kier alpha value is -2.55. The van der Waals surface area contributed by atoms with Crippen LogP contribution in [0.15, 0.2) is 18.5 Å². The number of carbonyl (C=O) groups excluding carboxylic acids is 1. The summed E-state index contributed by atoms with van der Waals surface area (Å²) in [6, 6.07) is 1.60. The third-order valence-corrected chi connectivity index (χ3v) is 3.95. The second kappa shape index (κ2) is 7.35. The molecule has 1 aliphatic rings. The molecule has 128 valence electrons. The van der Waals surface area contributed by atoms with E-state index in [4.69, 9.17) is 0 Å². The normalized spacial score (nSPS) is 16.8. The van der Waals surface area contributed by atoms with E-state index >= 15 is 0 Å². The molecule has 2 aromatic rings. The number of hydrogen-bond donors (Lipinski definition) is 2. The molecule has 1 fully saturated rings. The Bertz CT molecular complexity index is 665. The molecule has 24 heavy (non-hydrogen) atoms. The lowest BCUT2D eigenvalue weighted by Gasteiger charge is -2.34. The van der Waals surface area contributed by atoms with Crippen LogP contribution in [0.3, 0.4) is 0 Å². The van der Waals surface area contributed by atoms with Crippen LogP contribution >= 0.6 is 0 Å². The van der Waals surface area contributed by atoms with Gasteiger partial charge in [0.25, 0.3) is 0 Å². The maximum absolute atomic E-state index is 12.2. The van der Waals surface area contributed by atoms with E-state index in [2.05, 4.69) is 40.3 Å². The fourth-order valence-corrected chi connectivity index (χ4v) is 2.67. The van der Waals surface area contributed by atoms with Gasteiger partial charge >= 0.3 is 0 Å². The molecular weight excluding hydrogens is 308 g/mol. The average Bonchev–Trinajstić information content (AvgIpc) is 3.03. The number of H-pyrrole nitrogens is 1. The van der Waals surface area contributed by atoms with Gasteiger partial charge < -0.3 is 10.2 Å². The largest absolute Gasteiger partial charge is 0.345 e. The maximum atomic E-state index is 12.2. The number of aromatic amines is 1. The van der Waals surface area contributed by atoms with E-state index in [1.807, 2.05) is 13.8 Å². The van der Waals surface area contributed by atoms with Gasteiger partial charge in [-0.1, -0.05) is 0 Å². The molecule has 9 nitrogen and oxygen atoms in total. The van der Waals surface area contributed by atoms with Crippen LogP contribution in [-0.4, -0.2) is 68.7 Å². The molecule has 0 bridgehead atoms. The van der Waals surface area contributed by atoms with Crippen molar-refractivity contribution in [2.45, 2.75) is 19.9 Å². The number of piperazine rings is 1. The SMILES string of the molecule is Cc1nc([C@@H](C)NC(=O)CN2CCN(c3ncccn3)CC2)n[nH]1. The summed E-state index contributed by atoms with van der Waals surface area (Å²) in [5.41, 5.74) is 0. The van der Waals surface area contributed by atoms with E-state index in [0.717, 1.165) is 38.0 Å². The summed E-state index contributed by atoms with van der Waals surface area (Å²) in [6.07, 6.45) is 3.49. The first-order chi connectivity index (χ1) is 11.6. The number of rotatable bonds is 5. The van der Waals surface area contributed by atoms with Crippen LogP contribution in [0.25, 0.3) is 0 Å². The van der Waals surface area contributed by atoms with Gasteiger partial charge in [-0.25, -0.2) is 15.0 Å². The molecule has 0 radical (unpaired) electrons. The highest BCUT2D eigenvalue weighted by atomic mass is 16.2. The summed E-state index contributed by atoms with van der Waals surface area (Å²) in [4.78, 5) is 29.2. The van der Waals surface area contributed by atoms with E-state index in [1.54, 1.807) is 18.5 Å². The molecule has 3 rings (SSSR count). The van der Waals surface area contributed by atoms with Crippen molar-refractivity contribution in [2.24, 2.45) is 0 Å². The van der Waals surface area contributed by atoms with Gasteiger partial charge in [0.2, 0.25) is 11.9 Å². The molecule has 0 saturated carbocycles. The summed E-state index contributed by atoms with van der Waals surface area (Å²) in [7, 11) is 0. The van der Waals surface area contributed by atoms with Crippen LogP contribution in [0.4, 0.5) is 5.95 Å². The summed E-state index contributed by atoms with van der Waals surface area (Å²) < 4.78 is 0. The summed E-state index contributed by atoms with van der Waals surface area (Å²) in [5.74, 6) is 2.07. The van der Waals surface area contributed by atoms with Crippen molar-refractivity contribution in [1.29, 1.82) is 0 Å². The van der Waals surface area contributed by atoms with Crippen LogP contribution in [-0.2, 0) is 4.79 Å². The molecule has 1 aliphatic heterocycles. The molecule has 1 amide bonds. The zero-order chi connectivity index (χ0) is 16.9. The molecule has 2 aromatic heterocycles. The number of aromatic nitrogens is 5. The molecule has 9 heteroatoms. The van der Waals surface area contributed by atoms with Crippen LogP contribution in [0.5, 0.6) is 0 Å². The Labute approximate surface area is 140 Å². The fourth-order valence-electron chi connectivity index (χ4n) is 2.67. The van der Waals surface area contributed by atoms with Gasteiger partial charge in [0.1, 0.15) is 5.82 Å². The number of hydrogen-bond acceptors (Lipinski definition) is 7. The number of aryl methyl sites for hydroxylation is 1. The first-order valence-electron chi connectivity index (χ1n) is 8.04. The molecular formula is C15H22N8O. The minimum Gasteiger partial charge on any atom is -0.345 e. The van der Waals surface area contributed by atoms with Crippen molar-refractivity contribution in [2.75, 3.05) is 37.6 Å². The maximum Gasteiger partial charge on any atom is 0.234 e. The smallest absolute Gasteiger partial charge is 0.234 e. The second-order valence-corrected chi connectivity index (χ2v) is 5.88. The molecule has 3 heterocycles. The van der Waals surface area contributed by atoms with E-state index in [9.17, 15) is 4.79 Å². The van der Waals surface area contributed by atoms with Crippen molar-refractivity contribution in [1.82, 2.24) is 35.4 Å². The fraction of sp³-hybridized carbons (Fsp3) is 0.533. The van der Waals surface area contributed by atoms with Gasteiger partial charge in [0.05, 0.1) is 12.6 Å². The van der Waals surface area contributed by atoms with E-state index < -0.39 is 0 Å². The highest BCUT2D eigenvalue weighted by molar-refractivity contribution is 5.78. The highest BCUT2D eigenvalue weighted by Gasteiger charge is 2.21. The molecule has 2 N–H and O–H groups in total. The van der Waals surface area contributed by atoms with Crippen molar-refractivity contribution in [3.8, 4) is 0 Å². The van der Waals surface area contributed by atoms with Gasteiger partial charge in [-0.05, 0) is 19.9 Å². The topological polar surface area (TPSA) is 103 Å². The number of amides is 1. The summed E-state index contributed by atoms with van der Waals surface area (Å²) in [5, 5.41) is 9.79. The molecule has 0 unspecified atom stereocenters. The molecule has 0 aliphatic carbocycles. The van der Waals surface area contributed by atoms with Crippen molar-refractivity contribution >= 4 is 11.9 Å². The number of carbonyl (C=O) groups is 1. The lowest BCUT2D eigenvalue weighted by molar-refractivity contribution is -0.123. The zero-order valence-electron chi connectivity index (χ0n) is 13.9. The van der Waals surface area contributed by atoms with Gasteiger partial charge in [0.15, 0.2) is 5.82 Å².